The number of methoxy groups -OCH3 is 2. The van der Waals surface area contributed by atoms with Crippen molar-refractivity contribution in [3.05, 3.63) is 52.3 Å². The van der Waals surface area contributed by atoms with Gasteiger partial charge in [-0.1, -0.05) is 13.0 Å². The number of fused-ring (bicyclic) bond motifs is 1. The Bertz CT molecular complexity index is 814. The number of benzene rings is 2. The summed E-state index contributed by atoms with van der Waals surface area (Å²) < 4.78 is 11.5. The average Bonchev–Trinajstić information content (AvgIpc) is 2.96. The second-order valence-corrected chi connectivity index (χ2v) is 5.98. The van der Waals surface area contributed by atoms with Gasteiger partial charge in [-0.05, 0) is 45.8 Å². The molecule has 0 aliphatic heterocycles. The van der Waals surface area contributed by atoms with Gasteiger partial charge in [0.2, 0.25) is 0 Å². The zero-order valence-electron chi connectivity index (χ0n) is 12.7. The summed E-state index contributed by atoms with van der Waals surface area (Å²) in [5.74, 6) is 2.72. The molecule has 3 aromatic rings. The third-order valence-corrected chi connectivity index (χ3v) is 4.41. The highest BCUT2D eigenvalue weighted by atomic mass is 79.9. The monoisotopic (exact) mass is 360 g/mol. The van der Waals surface area contributed by atoms with Crippen LogP contribution in [0, 0.1) is 0 Å². The first-order valence-corrected chi connectivity index (χ1v) is 7.78. The van der Waals surface area contributed by atoms with Crippen LogP contribution in [0.3, 0.4) is 0 Å². The zero-order chi connectivity index (χ0) is 15.7. The van der Waals surface area contributed by atoms with Gasteiger partial charge < -0.3 is 14.5 Å². The lowest BCUT2D eigenvalue weighted by molar-refractivity contribution is 0.412. The van der Waals surface area contributed by atoms with Gasteiger partial charge in [-0.15, -0.1) is 0 Å². The Morgan fingerprint density at radius 3 is 2.59 bits per heavy atom. The van der Waals surface area contributed by atoms with E-state index in [1.165, 1.54) is 5.56 Å². The highest BCUT2D eigenvalue weighted by Gasteiger charge is 2.15. The fourth-order valence-corrected chi connectivity index (χ4v) is 3.01. The van der Waals surface area contributed by atoms with Gasteiger partial charge in [0.05, 0.1) is 29.7 Å². The van der Waals surface area contributed by atoms with Crippen LogP contribution in [0.2, 0.25) is 0 Å². The van der Waals surface area contributed by atoms with Gasteiger partial charge in [0.1, 0.15) is 17.3 Å². The minimum Gasteiger partial charge on any atom is -0.497 e. The number of ether oxygens (including phenoxy) is 2. The molecule has 2 aromatic carbocycles. The summed E-state index contributed by atoms with van der Waals surface area (Å²) in [6.45, 7) is 2.13. The van der Waals surface area contributed by atoms with Crippen LogP contribution in [0.1, 0.15) is 24.2 Å². The molecule has 0 radical (unpaired) electrons. The fourth-order valence-electron chi connectivity index (χ4n) is 2.45. The molecular formula is C17H17BrN2O2. The number of H-pyrrole nitrogens is 1. The second kappa shape index (κ2) is 6.01. The van der Waals surface area contributed by atoms with Crippen LogP contribution < -0.4 is 9.47 Å². The summed E-state index contributed by atoms with van der Waals surface area (Å²) in [5.41, 5.74) is 3.09. The Morgan fingerprint density at radius 2 is 1.91 bits per heavy atom. The van der Waals surface area contributed by atoms with Crippen molar-refractivity contribution in [3.63, 3.8) is 0 Å². The van der Waals surface area contributed by atoms with Crippen molar-refractivity contribution in [2.75, 3.05) is 14.2 Å². The lowest BCUT2D eigenvalue weighted by Crippen LogP contribution is -1.99. The van der Waals surface area contributed by atoms with Gasteiger partial charge in [-0.2, -0.15) is 0 Å². The lowest BCUT2D eigenvalue weighted by atomic mass is 10.0. The highest BCUT2D eigenvalue weighted by Crippen LogP contribution is 2.31. The molecule has 4 nitrogen and oxygen atoms in total. The number of hydrogen-bond donors (Lipinski definition) is 1. The molecule has 0 fully saturated rings. The number of nitrogens with zero attached hydrogens (tertiary/aromatic N) is 1. The van der Waals surface area contributed by atoms with Crippen molar-refractivity contribution in [1.82, 2.24) is 9.97 Å². The molecule has 114 valence electrons. The summed E-state index contributed by atoms with van der Waals surface area (Å²) in [4.78, 5) is 8.07. The minimum atomic E-state index is 0.153. The van der Waals surface area contributed by atoms with Crippen molar-refractivity contribution in [2.24, 2.45) is 0 Å². The van der Waals surface area contributed by atoms with Crippen molar-refractivity contribution in [2.45, 2.75) is 12.8 Å². The van der Waals surface area contributed by atoms with Crippen molar-refractivity contribution in [3.8, 4) is 11.5 Å². The fraction of sp³-hybridized carbons (Fsp3) is 0.235. The second-order valence-electron chi connectivity index (χ2n) is 5.12. The average molecular weight is 361 g/mol. The molecule has 0 aliphatic rings. The third-order valence-electron chi connectivity index (χ3n) is 3.79. The Kier molecular flexibility index (Phi) is 4.07. The normalized spacial score (nSPS) is 12.4. The summed E-state index contributed by atoms with van der Waals surface area (Å²) in [6, 6.07) is 11.9. The van der Waals surface area contributed by atoms with E-state index in [0.29, 0.717) is 0 Å². The van der Waals surface area contributed by atoms with Gasteiger partial charge in [-0.25, -0.2) is 4.98 Å². The number of imidazole rings is 1. The summed E-state index contributed by atoms with van der Waals surface area (Å²) in [7, 11) is 3.32. The van der Waals surface area contributed by atoms with E-state index in [4.69, 9.17) is 9.47 Å². The zero-order valence-corrected chi connectivity index (χ0v) is 14.3. The number of aromatic nitrogens is 2. The standard InChI is InChI=1S/C17H17BrN2O2/c1-10(11-4-7-16(22-3)13(18)8-11)17-19-14-6-5-12(21-2)9-15(14)20-17/h4-10H,1-3H3,(H,19,20). The van der Waals surface area contributed by atoms with E-state index in [1.807, 2.05) is 24.3 Å². The molecular weight excluding hydrogens is 344 g/mol. The number of aromatic amines is 1. The predicted octanol–water partition coefficient (Wildman–Crippen LogP) is 4.49. The molecule has 0 saturated carbocycles. The molecule has 0 amide bonds. The van der Waals surface area contributed by atoms with E-state index >= 15 is 0 Å². The van der Waals surface area contributed by atoms with E-state index in [1.54, 1.807) is 14.2 Å². The van der Waals surface area contributed by atoms with E-state index in [2.05, 4.69) is 45.0 Å². The molecule has 0 bridgehead atoms. The predicted molar refractivity (Wildman–Crippen MR) is 90.9 cm³/mol. The number of nitrogens with one attached hydrogen (secondary N) is 1. The van der Waals surface area contributed by atoms with Crippen LogP contribution in [0.15, 0.2) is 40.9 Å². The molecule has 0 saturated heterocycles. The van der Waals surface area contributed by atoms with Crippen molar-refractivity contribution >= 4 is 27.0 Å². The Morgan fingerprint density at radius 1 is 1.09 bits per heavy atom. The molecule has 1 atom stereocenters. The van der Waals surface area contributed by atoms with E-state index in [-0.39, 0.29) is 5.92 Å². The Hall–Kier alpha value is -2.01. The first-order valence-electron chi connectivity index (χ1n) is 6.99. The van der Waals surface area contributed by atoms with E-state index in [0.717, 1.165) is 32.8 Å². The quantitative estimate of drug-likeness (QED) is 0.745. The molecule has 1 heterocycles. The van der Waals surface area contributed by atoms with Gasteiger partial charge in [-0.3, -0.25) is 0 Å². The summed E-state index contributed by atoms with van der Waals surface area (Å²) in [5, 5.41) is 0. The van der Waals surface area contributed by atoms with E-state index in [9.17, 15) is 0 Å². The topological polar surface area (TPSA) is 47.1 Å². The Balaban J connectivity index is 1.97. The number of halogens is 1. The van der Waals surface area contributed by atoms with Crippen LogP contribution in [0.5, 0.6) is 11.5 Å². The van der Waals surface area contributed by atoms with Gasteiger partial charge in [0, 0.05) is 12.0 Å². The van der Waals surface area contributed by atoms with Gasteiger partial charge in [0.15, 0.2) is 0 Å². The molecule has 3 rings (SSSR count). The maximum absolute atomic E-state index is 5.27. The highest BCUT2D eigenvalue weighted by molar-refractivity contribution is 9.10. The molecule has 1 unspecified atom stereocenters. The largest absolute Gasteiger partial charge is 0.497 e. The maximum Gasteiger partial charge on any atom is 0.133 e. The van der Waals surface area contributed by atoms with Crippen LogP contribution in [0.25, 0.3) is 11.0 Å². The van der Waals surface area contributed by atoms with E-state index < -0.39 is 0 Å². The SMILES string of the molecule is COc1ccc2[nH]c(C(C)c3ccc(OC)c(Br)c3)nc2c1. The first kappa shape index (κ1) is 14.9. The van der Waals surface area contributed by atoms with Crippen LogP contribution in [-0.2, 0) is 0 Å². The third kappa shape index (κ3) is 2.68. The number of hydrogen-bond acceptors (Lipinski definition) is 3. The molecule has 0 spiro atoms. The summed E-state index contributed by atoms with van der Waals surface area (Å²) >= 11 is 3.53. The van der Waals surface area contributed by atoms with Gasteiger partial charge in [0.25, 0.3) is 0 Å². The minimum absolute atomic E-state index is 0.153. The van der Waals surface area contributed by atoms with Crippen molar-refractivity contribution in [1.29, 1.82) is 0 Å². The maximum atomic E-state index is 5.27. The summed E-state index contributed by atoms with van der Waals surface area (Å²) in [6.07, 6.45) is 0. The molecule has 1 N–H and O–H groups in total. The molecule has 0 aliphatic carbocycles. The molecule has 22 heavy (non-hydrogen) atoms. The lowest BCUT2D eigenvalue weighted by Gasteiger charge is -2.11. The van der Waals surface area contributed by atoms with Crippen LogP contribution in [-0.4, -0.2) is 24.2 Å². The van der Waals surface area contributed by atoms with Crippen LogP contribution in [0.4, 0.5) is 0 Å². The Labute approximate surface area is 137 Å². The van der Waals surface area contributed by atoms with Crippen molar-refractivity contribution < 1.29 is 9.47 Å². The first-order chi connectivity index (χ1) is 10.6. The smallest absolute Gasteiger partial charge is 0.133 e. The van der Waals surface area contributed by atoms with Gasteiger partial charge >= 0.3 is 0 Å². The molecule has 1 aromatic heterocycles. The molecule has 5 heteroatoms. The van der Waals surface area contributed by atoms with Crippen LogP contribution >= 0.6 is 15.9 Å². The number of rotatable bonds is 4.